The van der Waals surface area contributed by atoms with E-state index in [9.17, 15) is 9.59 Å². The van der Waals surface area contributed by atoms with E-state index in [0.29, 0.717) is 10.6 Å². The Morgan fingerprint density at radius 3 is 2.47 bits per heavy atom. The molecule has 1 saturated carbocycles. The lowest BCUT2D eigenvalue weighted by Gasteiger charge is -2.38. The van der Waals surface area contributed by atoms with Crippen LogP contribution in [0.15, 0.2) is 24.3 Å². The van der Waals surface area contributed by atoms with Crippen molar-refractivity contribution in [2.75, 3.05) is 7.05 Å². The van der Waals surface area contributed by atoms with Gasteiger partial charge in [0.15, 0.2) is 0 Å². The van der Waals surface area contributed by atoms with Crippen LogP contribution >= 0.6 is 11.6 Å². The molecule has 1 aromatic carbocycles. The van der Waals surface area contributed by atoms with Crippen LogP contribution in [0.5, 0.6) is 0 Å². The van der Waals surface area contributed by atoms with Gasteiger partial charge in [-0.15, -0.1) is 0 Å². The average molecular weight is 282 g/mol. The first-order chi connectivity index (χ1) is 9.04. The van der Waals surface area contributed by atoms with Gasteiger partial charge in [0.2, 0.25) is 5.60 Å². The maximum atomic E-state index is 12.5. The minimum atomic E-state index is -1.27. The number of likely N-dealkylation sites (N-methyl/N-ethyl adjacent to an activating group) is 1. The van der Waals surface area contributed by atoms with Crippen LogP contribution in [0.4, 0.5) is 4.79 Å². The quantitative estimate of drug-likeness (QED) is 0.782. The third kappa shape index (κ3) is 1.85. The topological polar surface area (TPSA) is 55.8 Å². The molecular weight excluding hydrogens is 270 g/mol. The summed E-state index contributed by atoms with van der Waals surface area (Å²) in [4.78, 5) is 28.7. The monoisotopic (exact) mass is 281 g/mol. The van der Waals surface area contributed by atoms with E-state index < -0.39 is 11.8 Å². The Kier molecular flexibility index (Phi) is 2.67. The lowest BCUT2D eigenvalue weighted by Crippen LogP contribution is -2.55. The van der Waals surface area contributed by atoms with Gasteiger partial charge in [-0.25, -0.2) is 4.79 Å². The van der Waals surface area contributed by atoms with E-state index >= 15 is 0 Å². The first kappa shape index (κ1) is 12.3. The Labute approximate surface area is 115 Å². The van der Waals surface area contributed by atoms with E-state index in [2.05, 4.69) is 4.84 Å². The van der Waals surface area contributed by atoms with Gasteiger partial charge >= 0.3 is 12.1 Å². The highest BCUT2D eigenvalue weighted by Crippen LogP contribution is 2.50. The summed E-state index contributed by atoms with van der Waals surface area (Å²) >= 11 is 5.86. The summed E-state index contributed by atoms with van der Waals surface area (Å²) in [6, 6.07) is 6.78. The molecule has 1 unspecified atom stereocenters. The number of cyclic esters (lactones) is 1. The highest BCUT2D eigenvalue weighted by atomic mass is 35.5. The standard InChI is InChI=1S/C13H12ClNO4/c1-15-11(16)13(8-2-3-8,18-12(17)19-15)9-4-6-10(14)7-5-9/h4-8H,2-3H2,1H3. The number of carbonyl (C=O) groups excluding carboxylic acids is 2. The molecule has 1 aromatic rings. The van der Waals surface area contributed by atoms with Gasteiger partial charge < -0.3 is 9.57 Å². The van der Waals surface area contributed by atoms with E-state index in [0.717, 1.165) is 17.9 Å². The van der Waals surface area contributed by atoms with Gasteiger partial charge in [-0.05, 0) is 25.0 Å². The van der Waals surface area contributed by atoms with Gasteiger partial charge in [-0.3, -0.25) is 4.79 Å². The molecule has 5 nitrogen and oxygen atoms in total. The van der Waals surface area contributed by atoms with Crippen LogP contribution in [0.25, 0.3) is 0 Å². The highest BCUT2D eigenvalue weighted by Gasteiger charge is 2.60. The molecule has 1 aliphatic heterocycles. The van der Waals surface area contributed by atoms with Crippen molar-refractivity contribution in [3.63, 3.8) is 0 Å². The molecule has 1 atom stereocenters. The highest BCUT2D eigenvalue weighted by molar-refractivity contribution is 6.30. The summed E-state index contributed by atoms with van der Waals surface area (Å²) in [7, 11) is 1.41. The predicted molar refractivity (Wildman–Crippen MR) is 66.2 cm³/mol. The van der Waals surface area contributed by atoms with Crippen LogP contribution in [0.3, 0.4) is 0 Å². The van der Waals surface area contributed by atoms with Gasteiger partial charge in [-0.1, -0.05) is 23.7 Å². The summed E-state index contributed by atoms with van der Waals surface area (Å²) in [6.07, 6.45) is 0.828. The SMILES string of the molecule is CN1OC(=O)OC(c2ccc(Cl)cc2)(C2CC2)C1=O. The van der Waals surface area contributed by atoms with Crippen molar-refractivity contribution in [2.24, 2.45) is 5.92 Å². The molecule has 0 radical (unpaired) electrons. The van der Waals surface area contributed by atoms with Crippen LogP contribution < -0.4 is 0 Å². The molecule has 2 aliphatic rings. The molecule has 0 bridgehead atoms. The molecule has 1 amide bonds. The molecule has 0 N–H and O–H groups in total. The summed E-state index contributed by atoms with van der Waals surface area (Å²) in [6.45, 7) is 0. The molecular formula is C13H12ClNO4. The number of hydrogen-bond acceptors (Lipinski definition) is 4. The number of benzene rings is 1. The molecule has 2 fully saturated rings. The summed E-state index contributed by atoms with van der Waals surface area (Å²) < 4.78 is 5.31. The predicted octanol–water partition coefficient (Wildman–Crippen LogP) is 2.49. The van der Waals surface area contributed by atoms with Crippen LogP contribution in [0.2, 0.25) is 5.02 Å². The van der Waals surface area contributed by atoms with Crippen LogP contribution in [-0.4, -0.2) is 24.2 Å². The van der Waals surface area contributed by atoms with Gasteiger partial charge in [0.05, 0.1) is 0 Å². The Balaban J connectivity index is 2.10. The number of hydroxylamine groups is 2. The van der Waals surface area contributed by atoms with Gasteiger partial charge in [0.1, 0.15) is 0 Å². The first-order valence-corrected chi connectivity index (χ1v) is 6.37. The largest absolute Gasteiger partial charge is 0.534 e. The Morgan fingerprint density at radius 2 is 1.89 bits per heavy atom. The van der Waals surface area contributed by atoms with E-state index in [1.165, 1.54) is 7.05 Å². The molecule has 19 heavy (non-hydrogen) atoms. The maximum absolute atomic E-state index is 12.5. The first-order valence-electron chi connectivity index (χ1n) is 5.99. The number of halogens is 1. The molecule has 3 rings (SSSR count). The Hall–Kier alpha value is -1.75. The molecule has 100 valence electrons. The zero-order chi connectivity index (χ0) is 13.6. The Morgan fingerprint density at radius 1 is 1.26 bits per heavy atom. The number of rotatable bonds is 2. The van der Waals surface area contributed by atoms with Gasteiger partial charge in [0.25, 0.3) is 0 Å². The smallest absolute Gasteiger partial charge is 0.411 e. The average Bonchev–Trinajstić information content (AvgIpc) is 3.19. The Bertz CT molecular complexity index is 540. The second kappa shape index (κ2) is 4.13. The normalized spacial score (nSPS) is 26.9. The molecule has 1 aliphatic carbocycles. The molecule has 6 heteroatoms. The van der Waals surface area contributed by atoms with Gasteiger partial charge in [-0.2, -0.15) is 5.06 Å². The molecule has 0 aromatic heterocycles. The third-order valence-electron chi connectivity index (χ3n) is 3.48. The van der Waals surface area contributed by atoms with Crippen molar-refractivity contribution in [2.45, 2.75) is 18.4 Å². The van der Waals surface area contributed by atoms with Crippen LogP contribution in [0, 0.1) is 5.92 Å². The van der Waals surface area contributed by atoms with Gasteiger partial charge in [0, 0.05) is 23.6 Å². The van der Waals surface area contributed by atoms with Crippen molar-refractivity contribution in [3.8, 4) is 0 Å². The summed E-state index contributed by atoms with van der Waals surface area (Å²) in [5.74, 6) is -0.367. The van der Waals surface area contributed by atoms with E-state index in [4.69, 9.17) is 16.3 Å². The zero-order valence-electron chi connectivity index (χ0n) is 10.3. The number of amides is 1. The minimum absolute atomic E-state index is 0.00326. The van der Waals surface area contributed by atoms with E-state index in [-0.39, 0.29) is 11.8 Å². The van der Waals surface area contributed by atoms with Crippen molar-refractivity contribution in [1.29, 1.82) is 0 Å². The second-order valence-electron chi connectivity index (χ2n) is 4.76. The summed E-state index contributed by atoms with van der Waals surface area (Å²) in [5.41, 5.74) is -0.637. The lowest BCUT2D eigenvalue weighted by atomic mass is 9.87. The zero-order valence-corrected chi connectivity index (χ0v) is 11.0. The summed E-state index contributed by atoms with van der Waals surface area (Å²) in [5, 5.41) is 1.51. The minimum Gasteiger partial charge on any atom is -0.411 e. The van der Waals surface area contributed by atoms with Crippen molar-refractivity contribution in [3.05, 3.63) is 34.9 Å². The molecule has 0 spiro atoms. The van der Waals surface area contributed by atoms with E-state index in [1.807, 2.05) is 0 Å². The van der Waals surface area contributed by atoms with Crippen molar-refractivity contribution in [1.82, 2.24) is 5.06 Å². The number of nitrogens with zero attached hydrogens (tertiary/aromatic N) is 1. The fourth-order valence-corrected chi connectivity index (χ4v) is 2.57. The fourth-order valence-electron chi connectivity index (χ4n) is 2.44. The van der Waals surface area contributed by atoms with Crippen molar-refractivity contribution >= 4 is 23.7 Å². The van der Waals surface area contributed by atoms with Crippen LogP contribution in [0.1, 0.15) is 18.4 Å². The van der Waals surface area contributed by atoms with E-state index in [1.54, 1.807) is 24.3 Å². The second-order valence-corrected chi connectivity index (χ2v) is 5.20. The molecule has 1 saturated heterocycles. The fraction of sp³-hybridized carbons (Fsp3) is 0.385. The number of carbonyl (C=O) groups is 2. The lowest BCUT2D eigenvalue weighted by molar-refractivity contribution is -0.219. The van der Waals surface area contributed by atoms with Crippen LogP contribution in [-0.2, 0) is 20.0 Å². The third-order valence-corrected chi connectivity index (χ3v) is 3.74. The number of ether oxygens (including phenoxy) is 1. The number of hydrogen-bond donors (Lipinski definition) is 0. The molecule has 1 heterocycles. The van der Waals surface area contributed by atoms with Crippen molar-refractivity contribution < 1.29 is 19.2 Å². The maximum Gasteiger partial charge on any atom is 0.534 e.